The number of aryl methyl sites for hydroxylation is 1. The fraction of sp³-hybridized carbons (Fsp3) is 0.182. The van der Waals surface area contributed by atoms with E-state index in [1.165, 1.54) is 31.6 Å². The summed E-state index contributed by atoms with van der Waals surface area (Å²) in [5.74, 6) is -0.827. The van der Waals surface area contributed by atoms with Crippen LogP contribution in [0.15, 0.2) is 24.5 Å². The van der Waals surface area contributed by atoms with E-state index in [9.17, 15) is 18.0 Å². The van der Waals surface area contributed by atoms with E-state index in [2.05, 4.69) is 15.4 Å². The van der Waals surface area contributed by atoms with Gasteiger partial charge in [-0.25, -0.2) is 0 Å². The molecule has 0 aliphatic carbocycles. The van der Waals surface area contributed by atoms with Crippen LogP contribution >= 0.6 is 11.6 Å². The molecule has 2 rings (SSSR count). The van der Waals surface area contributed by atoms with Crippen molar-refractivity contribution in [1.82, 2.24) is 14.8 Å². The van der Waals surface area contributed by atoms with E-state index in [4.69, 9.17) is 11.6 Å². The third kappa shape index (κ3) is 2.74. The normalized spacial score (nSPS) is 11.4. The number of pyridine rings is 1. The van der Waals surface area contributed by atoms with Gasteiger partial charge in [0.1, 0.15) is 5.02 Å². The molecule has 0 radical (unpaired) electrons. The summed E-state index contributed by atoms with van der Waals surface area (Å²) < 4.78 is 38.7. The Morgan fingerprint density at radius 1 is 1.35 bits per heavy atom. The van der Waals surface area contributed by atoms with Crippen molar-refractivity contribution in [3.05, 3.63) is 40.8 Å². The minimum Gasteiger partial charge on any atom is -0.306 e. The van der Waals surface area contributed by atoms with Crippen molar-refractivity contribution in [3.8, 4) is 0 Å². The summed E-state index contributed by atoms with van der Waals surface area (Å²) in [5.41, 5.74) is -1.00. The summed E-state index contributed by atoms with van der Waals surface area (Å²) in [4.78, 5) is 15.6. The summed E-state index contributed by atoms with van der Waals surface area (Å²) in [6, 6.07) is 2.84. The molecule has 20 heavy (non-hydrogen) atoms. The highest BCUT2D eigenvalue weighted by Crippen LogP contribution is 2.37. The van der Waals surface area contributed by atoms with Crippen molar-refractivity contribution in [2.75, 3.05) is 5.32 Å². The minimum atomic E-state index is -4.69. The summed E-state index contributed by atoms with van der Waals surface area (Å²) in [5, 5.41) is 4.90. The quantitative estimate of drug-likeness (QED) is 0.928. The van der Waals surface area contributed by atoms with Gasteiger partial charge < -0.3 is 5.32 Å². The van der Waals surface area contributed by atoms with Crippen LogP contribution < -0.4 is 5.32 Å². The number of hydrogen-bond acceptors (Lipinski definition) is 3. The second kappa shape index (κ2) is 5.12. The predicted molar refractivity (Wildman–Crippen MR) is 65.4 cm³/mol. The summed E-state index contributed by atoms with van der Waals surface area (Å²) >= 11 is 5.62. The Balaban J connectivity index is 2.31. The fourth-order valence-corrected chi connectivity index (χ4v) is 1.81. The van der Waals surface area contributed by atoms with Crippen LogP contribution in [0.1, 0.15) is 16.1 Å². The second-order valence-corrected chi connectivity index (χ2v) is 4.20. The van der Waals surface area contributed by atoms with Gasteiger partial charge in [-0.15, -0.1) is 0 Å². The molecule has 0 saturated carbocycles. The molecule has 0 aliphatic rings. The lowest BCUT2D eigenvalue weighted by Crippen LogP contribution is -2.14. The molecule has 1 N–H and O–H groups in total. The molecule has 5 nitrogen and oxygen atoms in total. The van der Waals surface area contributed by atoms with Crippen molar-refractivity contribution in [2.45, 2.75) is 6.18 Å². The lowest BCUT2D eigenvalue weighted by molar-refractivity contribution is -0.141. The van der Waals surface area contributed by atoms with Crippen molar-refractivity contribution in [1.29, 1.82) is 0 Å². The van der Waals surface area contributed by atoms with Crippen LogP contribution in [0.3, 0.4) is 0 Å². The van der Waals surface area contributed by atoms with E-state index in [1.807, 2.05) is 0 Å². The monoisotopic (exact) mass is 304 g/mol. The van der Waals surface area contributed by atoms with Gasteiger partial charge in [-0.05, 0) is 12.1 Å². The highest BCUT2D eigenvalue weighted by molar-refractivity contribution is 6.34. The Kier molecular flexibility index (Phi) is 3.67. The molecule has 0 aromatic carbocycles. The highest BCUT2D eigenvalue weighted by atomic mass is 35.5. The molecule has 2 aromatic rings. The standard InChI is InChI=1S/C11H8ClF3N4O/c1-19-9(7(12)8(18-19)11(13,14)15)17-10(20)6-2-4-16-5-3-6/h2-5H,1H3,(H,17,20). The Labute approximate surface area is 116 Å². The smallest absolute Gasteiger partial charge is 0.306 e. The van der Waals surface area contributed by atoms with Gasteiger partial charge in [-0.3, -0.25) is 14.5 Å². The maximum Gasteiger partial charge on any atom is 0.436 e. The molecule has 1 amide bonds. The number of nitrogens with one attached hydrogen (secondary N) is 1. The SMILES string of the molecule is Cn1nc(C(F)(F)F)c(Cl)c1NC(=O)c1ccncc1. The van der Waals surface area contributed by atoms with E-state index < -0.39 is 22.8 Å². The summed E-state index contributed by atoms with van der Waals surface area (Å²) in [6.45, 7) is 0. The van der Waals surface area contributed by atoms with Crippen molar-refractivity contribution >= 4 is 23.3 Å². The number of hydrogen-bond donors (Lipinski definition) is 1. The van der Waals surface area contributed by atoms with Gasteiger partial charge in [0.15, 0.2) is 11.5 Å². The lowest BCUT2D eigenvalue weighted by atomic mass is 10.2. The molecule has 0 aliphatic heterocycles. The Bertz CT molecular complexity index is 639. The number of halogens is 4. The third-order valence-electron chi connectivity index (χ3n) is 2.43. The fourth-order valence-electron chi connectivity index (χ4n) is 1.50. The molecule has 106 valence electrons. The molecule has 0 unspecified atom stereocenters. The number of anilines is 1. The van der Waals surface area contributed by atoms with Crippen molar-refractivity contribution in [2.24, 2.45) is 7.05 Å². The highest BCUT2D eigenvalue weighted by Gasteiger charge is 2.38. The minimum absolute atomic E-state index is 0.221. The van der Waals surface area contributed by atoms with Crippen LogP contribution in [-0.2, 0) is 13.2 Å². The first kappa shape index (κ1) is 14.3. The van der Waals surface area contributed by atoms with Crippen LogP contribution in [0.25, 0.3) is 0 Å². The van der Waals surface area contributed by atoms with Gasteiger partial charge in [-0.1, -0.05) is 11.6 Å². The molecule has 0 bridgehead atoms. The average Bonchev–Trinajstić information content (AvgIpc) is 2.67. The number of rotatable bonds is 2. The van der Waals surface area contributed by atoms with E-state index in [-0.39, 0.29) is 11.4 Å². The van der Waals surface area contributed by atoms with Crippen molar-refractivity contribution < 1.29 is 18.0 Å². The number of aromatic nitrogens is 3. The Hall–Kier alpha value is -2.09. The molecule has 0 atom stereocenters. The summed E-state index contributed by atoms with van der Waals surface area (Å²) in [7, 11) is 1.25. The summed E-state index contributed by atoms with van der Waals surface area (Å²) in [6.07, 6.45) is -1.91. The van der Waals surface area contributed by atoms with Crippen LogP contribution in [0, 0.1) is 0 Å². The molecule has 9 heteroatoms. The van der Waals surface area contributed by atoms with E-state index in [0.29, 0.717) is 0 Å². The van der Waals surface area contributed by atoms with Crippen LogP contribution in [0.4, 0.5) is 19.0 Å². The van der Waals surface area contributed by atoms with E-state index >= 15 is 0 Å². The van der Waals surface area contributed by atoms with Gasteiger partial charge in [0.2, 0.25) is 0 Å². The Morgan fingerprint density at radius 2 is 1.95 bits per heavy atom. The molecule has 2 aromatic heterocycles. The molecule has 0 fully saturated rings. The maximum absolute atomic E-state index is 12.6. The molecule has 2 heterocycles. The van der Waals surface area contributed by atoms with Crippen LogP contribution in [0.5, 0.6) is 0 Å². The van der Waals surface area contributed by atoms with E-state index in [0.717, 1.165) is 4.68 Å². The van der Waals surface area contributed by atoms with Gasteiger partial charge in [0.05, 0.1) is 0 Å². The predicted octanol–water partition coefficient (Wildman–Crippen LogP) is 2.74. The van der Waals surface area contributed by atoms with E-state index in [1.54, 1.807) is 0 Å². The molecular weight excluding hydrogens is 297 g/mol. The second-order valence-electron chi connectivity index (χ2n) is 3.82. The molecular formula is C11H8ClF3N4O. The average molecular weight is 305 g/mol. The van der Waals surface area contributed by atoms with Gasteiger partial charge >= 0.3 is 6.18 Å². The number of carbonyl (C=O) groups is 1. The topological polar surface area (TPSA) is 59.8 Å². The third-order valence-corrected chi connectivity index (χ3v) is 2.79. The van der Waals surface area contributed by atoms with Crippen LogP contribution in [0.2, 0.25) is 5.02 Å². The first-order valence-electron chi connectivity index (χ1n) is 5.31. The molecule has 0 spiro atoms. The van der Waals surface area contributed by atoms with Crippen LogP contribution in [-0.4, -0.2) is 20.7 Å². The first-order valence-corrected chi connectivity index (χ1v) is 5.69. The zero-order valence-electron chi connectivity index (χ0n) is 10.1. The largest absolute Gasteiger partial charge is 0.436 e. The first-order chi connectivity index (χ1) is 9.30. The van der Waals surface area contributed by atoms with Crippen molar-refractivity contribution in [3.63, 3.8) is 0 Å². The number of amides is 1. The maximum atomic E-state index is 12.6. The molecule has 0 saturated heterocycles. The zero-order chi connectivity index (χ0) is 14.9. The number of nitrogens with zero attached hydrogens (tertiary/aromatic N) is 3. The number of alkyl halides is 3. The van der Waals surface area contributed by atoms with Gasteiger partial charge in [0, 0.05) is 25.0 Å². The lowest BCUT2D eigenvalue weighted by Gasteiger charge is -2.05. The van der Waals surface area contributed by atoms with Gasteiger partial charge in [0.25, 0.3) is 5.91 Å². The van der Waals surface area contributed by atoms with Gasteiger partial charge in [-0.2, -0.15) is 18.3 Å². The number of carbonyl (C=O) groups excluding carboxylic acids is 1. The zero-order valence-corrected chi connectivity index (χ0v) is 10.8. The Morgan fingerprint density at radius 3 is 2.45 bits per heavy atom.